The van der Waals surface area contributed by atoms with E-state index in [2.05, 4.69) is 34.3 Å². The second-order valence-electron chi connectivity index (χ2n) is 5.10. The number of benzene rings is 1. The number of aromatic nitrogens is 3. The van der Waals surface area contributed by atoms with Crippen LogP contribution < -0.4 is 0 Å². The van der Waals surface area contributed by atoms with Gasteiger partial charge in [0.15, 0.2) is 0 Å². The molecule has 1 aromatic heterocycles. The summed E-state index contributed by atoms with van der Waals surface area (Å²) in [5.74, 6) is 0.706. The van der Waals surface area contributed by atoms with Crippen LogP contribution in [0.4, 0.5) is 0 Å². The van der Waals surface area contributed by atoms with Crippen molar-refractivity contribution in [3.8, 4) is 11.3 Å². The van der Waals surface area contributed by atoms with Gasteiger partial charge in [-0.05, 0) is 37.3 Å². The highest BCUT2D eigenvalue weighted by Crippen LogP contribution is 2.22. The van der Waals surface area contributed by atoms with E-state index in [1.807, 2.05) is 30.3 Å². The molecule has 0 amide bonds. The van der Waals surface area contributed by atoms with E-state index in [0.717, 1.165) is 16.8 Å². The second kappa shape index (κ2) is 4.42. The quantitative estimate of drug-likeness (QED) is 0.823. The zero-order valence-corrected chi connectivity index (χ0v) is 10.9. The van der Waals surface area contributed by atoms with Gasteiger partial charge in [0.1, 0.15) is 6.61 Å². The molecular formula is C14H14N4O. The number of hydrogen-bond acceptors (Lipinski definition) is 5. The summed E-state index contributed by atoms with van der Waals surface area (Å²) >= 11 is 0. The molecule has 19 heavy (non-hydrogen) atoms. The molecule has 3 rings (SSSR count). The number of nitrogens with zero attached hydrogens (tertiary/aromatic N) is 4. The second-order valence-corrected chi connectivity index (χ2v) is 5.10. The van der Waals surface area contributed by atoms with Crippen molar-refractivity contribution in [2.75, 3.05) is 6.61 Å². The van der Waals surface area contributed by atoms with Crippen LogP contribution in [0.2, 0.25) is 0 Å². The van der Waals surface area contributed by atoms with Crippen LogP contribution in [0.1, 0.15) is 19.4 Å². The van der Waals surface area contributed by atoms with Gasteiger partial charge >= 0.3 is 0 Å². The van der Waals surface area contributed by atoms with Crippen LogP contribution in [0.25, 0.3) is 11.3 Å². The van der Waals surface area contributed by atoms with Crippen molar-refractivity contribution in [1.29, 1.82) is 0 Å². The largest absolute Gasteiger partial charge is 0.475 e. The summed E-state index contributed by atoms with van der Waals surface area (Å²) in [6.07, 6.45) is 1.63. The molecule has 2 aromatic rings. The first-order valence-corrected chi connectivity index (χ1v) is 6.12. The smallest absolute Gasteiger partial charge is 0.216 e. The maximum Gasteiger partial charge on any atom is 0.216 e. The third kappa shape index (κ3) is 2.45. The van der Waals surface area contributed by atoms with Gasteiger partial charge in [-0.15, -0.1) is 10.2 Å². The van der Waals surface area contributed by atoms with Gasteiger partial charge in [0.2, 0.25) is 5.90 Å². The zero-order valence-electron chi connectivity index (χ0n) is 10.9. The van der Waals surface area contributed by atoms with Gasteiger partial charge in [0, 0.05) is 11.1 Å². The molecule has 0 atom stereocenters. The van der Waals surface area contributed by atoms with Crippen LogP contribution in [0.5, 0.6) is 0 Å². The van der Waals surface area contributed by atoms with Gasteiger partial charge in [-0.25, -0.2) is 4.99 Å². The predicted molar refractivity (Wildman–Crippen MR) is 71.8 cm³/mol. The van der Waals surface area contributed by atoms with Gasteiger partial charge in [0.05, 0.1) is 17.4 Å². The van der Waals surface area contributed by atoms with Crippen LogP contribution >= 0.6 is 0 Å². The van der Waals surface area contributed by atoms with Crippen LogP contribution in [0, 0.1) is 0 Å². The minimum Gasteiger partial charge on any atom is -0.475 e. The molecule has 1 aliphatic heterocycles. The molecule has 1 aromatic carbocycles. The predicted octanol–water partition coefficient (Wildman–Crippen LogP) is 2.09. The lowest BCUT2D eigenvalue weighted by Crippen LogP contribution is -2.17. The minimum atomic E-state index is -0.134. The molecule has 0 spiro atoms. The molecule has 0 saturated heterocycles. The standard InChI is InChI=1S/C14H14N4O/c1-14(2)9-19-13(16-14)11-5-3-10(4-6-11)12-7-8-15-18-17-12/h3-8H,9H2,1-2H3. The molecule has 0 fully saturated rings. The molecule has 0 aliphatic carbocycles. The van der Waals surface area contributed by atoms with Crippen LogP contribution in [0.3, 0.4) is 0 Å². The molecule has 0 N–H and O–H groups in total. The fourth-order valence-electron chi connectivity index (χ4n) is 1.91. The maximum absolute atomic E-state index is 5.61. The van der Waals surface area contributed by atoms with E-state index < -0.39 is 0 Å². The van der Waals surface area contributed by atoms with Crippen LogP contribution in [-0.2, 0) is 4.74 Å². The van der Waals surface area contributed by atoms with E-state index in [9.17, 15) is 0 Å². The van der Waals surface area contributed by atoms with Crippen molar-refractivity contribution in [3.05, 3.63) is 42.1 Å². The molecule has 0 bridgehead atoms. The lowest BCUT2D eigenvalue weighted by Gasteiger charge is -2.07. The summed E-state index contributed by atoms with van der Waals surface area (Å²) in [5.41, 5.74) is 2.65. The van der Waals surface area contributed by atoms with E-state index in [1.54, 1.807) is 6.20 Å². The normalized spacial score (nSPS) is 16.8. The average molecular weight is 254 g/mol. The van der Waals surface area contributed by atoms with Crippen molar-refractivity contribution >= 4 is 5.90 Å². The Labute approximate surface area is 111 Å². The summed E-state index contributed by atoms with van der Waals surface area (Å²) in [6.45, 7) is 4.74. The number of hydrogen-bond donors (Lipinski definition) is 0. The third-order valence-electron chi connectivity index (χ3n) is 2.90. The minimum absolute atomic E-state index is 0.134. The van der Waals surface area contributed by atoms with Crippen LogP contribution in [-0.4, -0.2) is 33.5 Å². The van der Waals surface area contributed by atoms with Gasteiger partial charge in [0.25, 0.3) is 0 Å². The van der Waals surface area contributed by atoms with Crippen molar-refractivity contribution in [3.63, 3.8) is 0 Å². The SMILES string of the molecule is CC1(C)COC(c2ccc(-c3ccnnn3)cc2)=N1. The monoisotopic (exact) mass is 254 g/mol. The Morgan fingerprint density at radius 3 is 2.37 bits per heavy atom. The highest BCUT2D eigenvalue weighted by Gasteiger charge is 2.26. The fourth-order valence-corrected chi connectivity index (χ4v) is 1.91. The summed E-state index contributed by atoms with van der Waals surface area (Å²) < 4.78 is 5.61. The Morgan fingerprint density at radius 2 is 1.79 bits per heavy atom. The van der Waals surface area contributed by atoms with E-state index in [0.29, 0.717) is 12.5 Å². The van der Waals surface area contributed by atoms with E-state index in [4.69, 9.17) is 4.74 Å². The van der Waals surface area contributed by atoms with E-state index >= 15 is 0 Å². The Morgan fingerprint density at radius 1 is 1.05 bits per heavy atom. The van der Waals surface area contributed by atoms with Gasteiger partial charge in [-0.2, -0.15) is 0 Å². The average Bonchev–Trinajstić information content (AvgIpc) is 2.80. The number of ether oxygens (including phenoxy) is 1. The Hall–Kier alpha value is -2.30. The molecule has 0 saturated carbocycles. The highest BCUT2D eigenvalue weighted by atomic mass is 16.5. The zero-order chi connectivity index (χ0) is 13.3. The number of rotatable bonds is 2. The maximum atomic E-state index is 5.61. The number of aliphatic imine (C=N–C) groups is 1. The van der Waals surface area contributed by atoms with Gasteiger partial charge in [-0.3, -0.25) is 0 Å². The first-order chi connectivity index (χ1) is 9.14. The first-order valence-electron chi connectivity index (χ1n) is 6.12. The van der Waals surface area contributed by atoms with Crippen molar-refractivity contribution in [1.82, 2.24) is 15.4 Å². The summed E-state index contributed by atoms with van der Waals surface area (Å²) in [7, 11) is 0. The van der Waals surface area contributed by atoms with Crippen LogP contribution in [0.15, 0.2) is 41.5 Å². The van der Waals surface area contributed by atoms with Crippen molar-refractivity contribution in [2.24, 2.45) is 4.99 Å². The summed E-state index contributed by atoms with van der Waals surface area (Å²) in [6, 6.07) is 9.76. The summed E-state index contributed by atoms with van der Waals surface area (Å²) in [4.78, 5) is 4.55. The molecule has 5 nitrogen and oxygen atoms in total. The van der Waals surface area contributed by atoms with Crippen molar-refractivity contribution in [2.45, 2.75) is 19.4 Å². The Bertz CT molecular complexity index is 605. The molecule has 5 heteroatoms. The Balaban J connectivity index is 1.88. The summed E-state index contributed by atoms with van der Waals surface area (Å²) in [5, 5.41) is 11.3. The topological polar surface area (TPSA) is 60.3 Å². The molecule has 96 valence electrons. The lowest BCUT2D eigenvalue weighted by atomic mass is 10.1. The molecular weight excluding hydrogens is 240 g/mol. The Kier molecular flexibility index (Phi) is 2.74. The van der Waals surface area contributed by atoms with Crippen molar-refractivity contribution < 1.29 is 4.74 Å². The van der Waals surface area contributed by atoms with E-state index in [1.165, 1.54) is 0 Å². The lowest BCUT2D eigenvalue weighted by molar-refractivity contribution is 0.279. The third-order valence-corrected chi connectivity index (χ3v) is 2.90. The molecule has 2 heterocycles. The van der Waals surface area contributed by atoms with Gasteiger partial charge in [-0.1, -0.05) is 12.1 Å². The fraction of sp³-hybridized carbons (Fsp3) is 0.286. The molecule has 0 unspecified atom stereocenters. The molecule has 0 radical (unpaired) electrons. The first kappa shape index (κ1) is 11.8. The van der Waals surface area contributed by atoms with Gasteiger partial charge < -0.3 is 4.74 Å². The van der Waals surface area contributed by atoms with E-state index in [-0.39, 0.29) is 5.54 Å². The highest BCUT2D eigenvalue weighted by molar-refractivity contribution is 5.95. The molecule has 1 aliphatic rings.